The number of nitrogens with one attached hydrogen (secondary N) is 4. The zero-order valence-electron chi connectivity index (χ0n) is 23.3. The van der Waals surface area contributed by atoms with Gasteiger partial charge in [-0.25, -0.2) is 8.42 Å². The molecule has 10 nitrogen and oxygen atoms in total. The summed E-state index contributed by atoms with van der Waals surface area (Å²) >= 11 is 0. The number of sulfonamides is 1. The fourth-order valence-corrected chi connectivity index (χ4v) is 7.14. The molecule has 1 saturated heterocycles. The third-order valence-electron chi connectivity index (χ3n) is 7.60. The molecular weight excluding hydrogens is 552 g/mol. The second kappa shape index (κ2) is 12.9. The number of nitrogens with zero attached hydrogens (tertiary/aromatic N) is 1. The number of aryl methyl sites for hydroxylation is 1. The molecular formula is C28H39ClN6O4S. The lowest BCUT2D eigenvalue weighted by Crippen LogP contribution is -2.51. The Kier molecular flexibility index (Phi) is 10.1. The van der Waals surface area contributed by atoms with Crippen LogP contribution < -0.4 is 20.5 Å². The molecule has 0 aliphatic carbocycles. The number of rotatable bonds is 9. The lowest BCUT2D eigenvalue weighted by Gasteiger charge is -2.33. The summed E-state index contributed by atoms with van der Waals surface area (Å²) in [6.45, 7) is 6.96. The van der Waals surface area contributed by atoms with Crippen molar-refractivity contribution in [2.45, 2.75) is 51.0 Å². The highest BCUT2D eigenvalue weighted by Crippen LogP contribution is 2.31. The van der Waals surface area contributed by atoms with Crippen LogP contribution in [0, 0.1) is 32.1 Å². The molecule has 0 saturated carbocycles. The number of piperidine rings is 1. The Morgan fingerprint density at radius 3 is 2.67 bits per heavy atom. The summed E-state index contributed by atoms with van der Waals surface area (Å²) in [6.07, 6.45) is 3.76. The number of benzene rings is 2. The zero-order valence-corrected chi connectivity index (χ0v) is 25.0. The first kappa shape index (κ1) is 31.3. The van der Waals surface area contributed by atoms with E-state index in [1.807, 2.05) is 37.4 Å². The van der Waals surface area contributed by atoms with Crippen molar-refractivity contribution in [2.24, 2.45) is 11.7 Å². The number of amides is 1. The van der Waals surface area contributed by atoms with Crippen LogP contribution in [0.4, 0.5) is 0 Å². The van der Waals surface area contributed by atoms with Crippen LogP contribution >= 0.6 is 12.4 Å². The lowest BCUT2D eigenvalue weighted by molar-refractivity contribution is -0.122. The molecule has 1 unspecified atom stereocenters. The molecule has 0 spiro atoms. The molecule has 2 heterocycles. The van der Waals surface area contributed by atoms with Crippen LogP contribution in [-0.4, -0.2) is 63.0 Å². The number of H-pyrrole nitrogens is 1. The number of aromatic nitrogens is 1. The molecule has 0 radical (unpaired) electrons. The number of aromatic amines is 1. The Labute approximate surface area is 242 Å². The third-order valence-corrected chi connectivity index (χ3v) is 9.37. The summed E-state index contributed by atoms with van der Waals surface area (Å²) < 4.78 is 35.7. The van der Waals surface area contributed by atoms with Gasteiger partial charge in [-0.15, -0.1) is 12.4 Å². The number of fused-ring (bicyclic) bond motifs is 1. The van der Waals surface area contributed by atoms with E-state index < -0.39 is 22.0 Å². The molecule has 1 fully saturated rings. The highest BCUT2D eigenvalue weighted by Gasteiger charge is 2.31. The molecule has 2 atom stereocenters. The predicted octanol–water partition coefficient (Wildman–Crippen LogP) is 3.13. The maximum Gasteiger partial charge on any atom is 0.241 e. The minimum absolute atomic E-state index is 0. The number of carbonyl (C=O) groups is 1. The van der Waals surface area contributed by atoms with Crippen LogP contribution in [0.25, 0.3) is 10.9 Å². The number of para-hydroxylation sites is 1. The molecule has 2 aromatic carbocycles. The van der Waals surface area contributed by atoms with E-state index in [0.29, 0.717) is 30.0 Å². The molecule has 3 aromatic rings. The highest BCUT2D eigenvalue weighted by atomic mass is 35.5. The highest BCUT2D eigenvalue weighted by molar-refractivity contribution is 7.89. The monoisotopic (exact) mass is 590 g/mol. The number of ether oxygens (including phenoxy) is 1. The van der Waals surface area contributed by atoms with E-state index in [2.05, 4.69) is 15.0 Å². The van der Waals surface area contributed by atoms with Gasteiger partial charge < -0.3 is 25.7 Å². The average molecular weight is 591 g/mol. The normalized spacial score (nSPS) is 16.3. The molecule has 1 aliphatic rings. The molecule has 218 valence electrons. The SMILES string of the molecule is COc1cc(C)c(S(=O)(=O)N[C@H](Cc2c[nH]c3ccccc23)C(=O)NCC2CCCN(C(=N)N)C2)c(C)c1C.Cl. The van der Waals surface area contributed by atoms with Gasteiger partial charge in [-0.2, -0.15) is 4.72 Å². The average Bonchev–Trinajstić information content (AvgIpc) is 3.31. The summed E-state index contributed by atoms with van der Waals surface area (Å²) in [5.41, 5.74) is 9.28. The van der Waals surface area contributed by atoms with Crippen LogP contribution in [0.3, 0.4) is 0 Å². The van der Waals surface area contributed by atoms with Crippen molar-refractivity contribution in [3.8, 4) is 5.75 Å². The quantitative estimate of drug-likeness (QED) is 0.191. The Balaban J connectivity index is 0.00000441. The second-order valence-electron chi connectivity index (χ2n) is 10.3. The lowest BCUT2D eigenvalue weighted by atomic mass is 9.98. The Morgan fingerprint density at radius 2 is 1.98 bits per heavy atom. The smallest absolute Gasteiger partial charge is 0.241 e. The van der Waals surface area contributed by atoms with Gasteiger partial charge >= 0.3 is 0 Å². The Hall–Kier alpha value is -3.28. The van der Waals surface area contributed by atoms with Crippen LogP contribution in [0.1, 0.15) is 35.1 Å². The first-order valence-corrected chi connectivity index (χ1v) is 14.6. The first-order valence-electron chi connectivity index (χ1n) is 13.1. The van der Waals surface area contributed by atoms with Gasteiger partial charge in [0.05, 0.1) is 12.0 Å². The van der Waals surface area contributed by atoms with Gasteiger partial charge in [0, 0.05) is 36.7 Å². The summed E-state index contributed by atoms with van der Waals surface area (Å²) in [7, 11) is -2.51. The maximum atomic E-state index is 13.8. The Morgan fingerprint density at radius 1 is 1.25 bits per heavy atom. The molecule has 1 aliphatic heterocycles. The van der Waals surface area contributed by atoms with Crippen molar-refractivity contribution in [1.29, 1.82) is 5.41 Å². The third kappa shape index (κ3) is 6.71. The molecule has 0 bridgehead atoms. The van der Waals surface area contributed by atoms with Crippen molar-refractivity contribution in [3.63, 3.8) is 0 Å². The molecule has 6 N–H and O–H groups in total. The van der Waals surface area contributed by atoms with Crippen LogP contribution in [-0.2, 0) is 21.2 Å². The largest absolute Gasteiger partial charge is 0.496 e. The molecule has 1 amide bonds. The van der Waals surface area contributed by atoms with E-state index in [1.54, 1.807) is 31.9 Å². The molecule has 40 heavy (non-hydrogen) atoms. The van der Waals surface area contributed by atoms with Crippen molar-refractivity contribution >= 4 is 45.2 Å². The number of carbonyl (C=O) groups excluding carboxylic acids is 1. The zero-order chi connectivity index (χ0) is 28.3. The predicted molar refractivity (Wildman–Crippen MR) is 160 cm³/mol. The number of methoxy groups -OCH3 is 1. The fraction of sp³-hybridized carbons (Fsp3) is 0.429. The van der Waals surface area contributed by atoms with E-state index in [-0.39, 0.29) is 35.6 Å². The number of hydrogen-bond acceptors (Lipinski definition) is 5. The van der Waals surface area contributed by atoms with Crippen molar-refractivity contribution in [3.05, 3.63) is 58.8 Å². The number of guanidine groups is 1. The van der Waals surface area contributed by atoms with Crippen LogP contribution in [0.15, 0.2) is 41.4 Å². The Bertz CT molecular complexity index is 1490. The number of likely N-dealkylation sites (tertiary alicyclic amines) is 1. The van der Waals surface area contributed by atoms with Crippen LogP contribution in [0.5, 0.6) is 5.75 Å². The van der Waals surface area contributed by atoms with Gasteiger partial charge in [-0.05, 0) is 80.3 Å². The van der Waals surface area contributed by atoms with Crippen molar-refractivity contribution < 1.29 is 17.9 Å². The van der Waals surface area contributed by atoms with Crippen molar-refractivity contribution in [2.75, 3.05) is 26.7 Å². The van der Waals surface area contributed by atoms with E-state index in [9.17, 15) is 13.2 Å². The van der Waals surface area contributed by atoms with Gasteiger partial charge in [0.15, 0.2) is 5.96 Å². The summed E-state index contributed by atoms with van der Waals surface area (Å²) in [5.74, 6) is 0.357. The van der Waals surface area contributed by atoms with E-state index in [0.717, 1.165) is 41.4 Å². The number of nitrogens with two attached hydrogens (primary N) is 1. The maximum absolute atomic E-state index is 13.8. The molecule has 1 aromatic heterocycles. The summed E-state index contributed by atoms with van der Waals surface area (Å²) in [5, 5.41) is 11.6. The van der Waals surface area contributed by atoms with E-state index in [4.69, 9.17) is 15.9 Å². The number of hydrogen-bond donors (Lipinski definition) is 5. The van der Waals surface area contributed by atoms with E-state index >= 15 is 0 Å². The topological polar surface area (TPSA) is 153 Å². The number of halogens is 1. The van der Waals surface area contributed by atoms with Crippen molar-refractivity contribution in [1.82, 2.24) is 19.9 Å². The molecule has 12 heteroatoms. The van der Waals surface area contributed by atoms with Gasteiger partial charge in [0.1, 0.15) is 11.8 Å². The second-order valence-corrected chi connectivity index (χ2v) is 11.9. The minimum Gasteiger partial charge on any atom is -0.496 e. The van der Waals surface area contributed by atoms with Crippen LogP contribution in [0.2, 0.25) is 0 Å². The van der Waals surface area contributed by atoms with Gasteiger partial charge in [0.2, 0.25) is 15.9 Å². The van der Waals surface area contributed by atoms with Gasteiger partial charge in [0.25, 0.3) is 0 Å². The standard InChI is InChI=1S/C28H38N6O4S.ClH/c1-17-12-25(38-4)18(2)19(3)26(17)39(36,37)33-24(13-21-15-31-23-10-6-5-9-22(21)23)27(35)32-14-20-8-7-11-34(16-20)28(29)30;/h5-6,9-10,12,15,20,24,31,33H,7-8,11,13-14,16H2,1-4H3,(H3,29,30)(H,32,35);1H/t20?,24-;/m1./s1. The minimum atomic E-state index is -4.06. The molecule has 4 rings (SSSR count). The van der Waals surface area contributed by atoms with Gasteiger partial charge in [-0.1, -0.05) is 18.2 Å². The summed E-state index contributed by atoms with van der Waals surface area (Å²) in [4.78, 5) is 18.7. The first-order chi connectivity index (χ1) is 18.5. The van der Waals surface area contributed by atoms with Gasteiger partial charge in [-0.3, -0.25) is 10.2 Å². The van der Waals surface area contributed by atoms with E-state index in [1.165, 1.54) is 0 Å². The fourth-order valence-electron chi connectivity index (χ4n) is 5.42. The summed E-state index contributed by atoms with van der Waals surface area (Å²) in [6, 6.07) is 8.38.